The zero-order valence-electron chi connectivity index (χ0n) is 9.49. The van der Waals surface area contributed by atoms with Gasteiger partial charge in [-0.2, -0.15) is 0 Å². The molecule has 0 unspecified atom stereocenters. The third-order valence-corrected chi connectivity index (χ3v) is 2.62. The van der Waals surface area contributed by atoms with E-state index in [1.807, 2.05) is 24.3 Å². The van der Waals surface area contributed by atoms with Crippen molar-refractivity contribution in [2.75, 3.05) is 0 Å². The minimum Gasteiger partial charge on any atom is -0.410 e. The van der Waals surface area contributed by atoms with E-state index in [4.69, 9.17) is 16.8 Å². The smallest absolute Gasteiger partial charge is 0.111 e. The number of pyridine rings is 1. The number of oxime groups is 1. The molecule has 4 heteroatoms. The predicted octanol–water partition coefficient (Wildman–Crippen LogP) is 3.63. The molecular weight excluding hydrogens is 248 g/mol. The second kappa shape index (κ2) is 5.98. The molecule has 0 aliphatic carbocycles. The third-order valence-electron chi connectivity index (χ3n) is 2.37. The molecular formula is C14H11ClN2O. The van der Waals surface area contributed by atoms with E-state index in [2.05, 4.69) is 10.1 Å². The van der Waals surface area contributed by atoms with Crippen LogP contribution in [0.4, 0.5) is 0 Å². The lowest BCUT2D eigenvalue weighted by molar-refractivity contribution is 0.320. The fourth-order valence-corrected chi connectivity index (χ4v) is 1.58. The Hall–Kier alpha value is -2.13. The summed E-state index contributed by atoms with van der Waals surface area (Å²) < 4.78 is 0. The maximum atomic E-state index is 8.99. The van der Waals surface area contributed by atoms with Crippen molar-refractivity contribution in [3.05, 3.63) is 71.0 Å². The first-order chi connectivity index (χ1) is 8.79. The van der Waals surface area contributed by atoms with Crippen molar-refractivity contribution >= 4 is 23.4 Å². The Morgan fingerprint density at radius 2 is 2.00 bits per heavy atom. The van der Waals surface area contributed by atoms with E-state index >= 15 is 0 Å². The number of halogens is 1. The molecule has 0 bridgehead atoms. The normalized spacial score (nSPS) is 11.9. The standard InChI is InChI=1S/C14H11ClN2O/c15-13-6-3-11(4-7-13)5-8-14(17-18)12-2-1-9-16-10-12/h1-10,18H/b8-5+,17-14-. The van der Waals surface area contributed by atoms with Gasteiger partial charge in [-0.3, -0.25) is 4.98 Å². The molecule has 1 heterocycles. The molecule has 0 aliphatic heterocycles. The van der Waals surface area contributed by atoms with Crippen LogP contribution in [-0.2, 0) is 0 Å². The Bertz CT molecular complexity index is 562. The van der Waals surface area contributed by atoms with Crippen molar-refractivity contribution in [1.82, 2.24) is 4.98 Å². The fourth-order valence-electron chi connectivity index (χ4n) is 1.45. The van der Waals surface area contributed by atoms with Gasteiger partial charge in [0.05, 0.1) is 0 Å². The molecule has 0 fully saturated rings. The molecule has 0 atom stereocenters. The van der Waals surface area contributed by atoms with E-state index in [9.17, 15) is 0 Å². The summed E-state index contributed by atoms with van der Waals surface area (Å²) in [5.74, 6) is 0. The van der Waals surface area contributed by atoms with Crippen LogP contribution in [-0.4, -0.2) is 15.9 Å². The van der Waals surface area contributed by atoms with Gasteiger partial charge in [0.2, 0.25) is 0 Å². The summed E-state index contributed by atoms with van der Waals surface area (Å²) in [4.78, 5) is 3.98. The summed E-state index contributed by atoms with van der Waals surface area (Å²) in [6.45, 7) is 0. The van der Waals surface area contributed by atoms with E-state index in [0.717, 1.165) is 11.1 Å². The maximum Gasteiger partial charge on any atom is 0.111 e. The van der Waals surface area contributed by atoms with Crippen molar-refractivity contribution in [3.63, 3.8) is 0 Å². The highest BCUT2D eigenvalue weighted by Gasteiger charge is 1.99. The van der Waals surface area contributed by atoms with Crippen molar-refractivity contribution in [2.24, 2.45) is 5.16 Å². The molecule has 2 rings (SSSR count). The zero-order chi connectivity index (χ0) is 12.8. The van der Waals surface area contributed by atoms with Crippen LogP contribution < -0.4 is 0 Å². The van der Waals surface area contributed by atoms with E-state index < -0.39 is 0 Å². The lowest BCUT2D eigenvalue weighted by atomic mass is 10.1. The molecule has 0 amide bonds. The van der Waals surface area contributed by atoms with Gasteiger partial charge in [0, 0.05) is 23.0 Å². The summed E-state index contributed by atoms with van der Waals surface area (Å²) in [5, 5.41) is 12.9. The number of nitrogens with zero attached hydrogens (tertiary/aromatic N) is 2. The van der Waals surface area contributed by atoms with E-state index in [0.29, 0.717) is 10.7 Å². The quantitative estimate of drug-likeness (QED) is 0.519. The minimum atomic E-state index is 0.457. The van der Waals surface area contributed by atoms with Crippen LogP contribution >= 0.6 is 11.6 Å². The van der Waals surface area contributed by atoms with Gasteiger partial charge in [0.1, 0.15) is 5.71 Å². The lowest BCUT2D eigenvalue weighted by Gasteiger charge is -1.98. The average molecular weight is 259 g/mol. The number of aromatic nitrogens is 1. The summed E-state index contributed by atoms with van der Waals surface area (Å²) >= 11 is 5.80. The SMILES string of the molecule is O/N=C(/C=C/c1ccc(Cl)cc1)c1cccnc1. The van der Waals surface area contributed by atoms with Crippen LogP contribution in [0, 0.1) is 0 Å². The number of hydrogen-bond acceptors (Lipinski definition) is 3. The Kier molecular flexibility index (Phi) is 4.10. The van der Waals surface area contributed by atoms with Crippen molar-refractivity contribution < 1.29 is 5.21 Å². The van der Waals surface area contributed by atoms with Crippen LogP contribution in [0.25, 0.3) is 6.08 Å². The largest absolute Gasteiger partial charge is 0.410 e. The van der Waals surface area contributed by atoms with Gasteiger partial charge in [0.25, 0.3) is 0 Å². The van der Waals surface area contributed by atoms with Crippen molar-refractivity contribution in [2.45, 2.75) is 0 Å². The summed E-state index contributed by atoms with van der Waals surface area (Å²) in [5.41, 5.74) is 2.19. The molecule has 0 radical (unpaired) electrons. The van der Waals surface area contributed by atoms with E-state index in [1.54, 1.807) is 36.7 Å². The Balaban J connectivity index is 2.19. The van der Waals surface area contributed by atoms with Crippen LogP contribution in [0.2, 0.25) is 5.02 Å². The van der Waals surface area contributed by atoms with Gasteiger partial charge < -0.3 is 5.21 Å². The van der Waals surface area contributed by atoms with Gasteiger partial charge in [-0.15, -0.1) is 0 Å². The van der Waals surface area contributed by atoms with Crippen molar-refractivity contribution in [1.29, 1.82) is 0 Å². The van der Waals surface area contributed by atoms with Gasteiger partial charge >= 0.3 is 0 Å². The zero-order valence-corrected chi connectivity index (χ0v) is 10.2. The number of allylic oxidation sites excluding steroid dienone is 1. The molecule has 0 aliphatic rings. The second-order valence-corrected chi connectivity index (χ2v) is 4.05. The second-order valence-electron chi connectivity index (χ2n) is 3.61. The molecule has 2 aromatic rings. The Labute approximate surface area is 110 Å². The molecule has 3 nitrogen and oxygen atoms in total. The van der Waals surface area contributed by atoms with Gasteiger partial charge in [-0.05, 0) is 35.9 Å². The van der Waals surface area contributed by atoms with Crippen LogP contribution in [0.5, 0.6) is 0 Å². The van der Waals surface area contributed by atoms with Crippen molar-refractivity contribution in [3.8, 4) is 0 Å². The van der Waals surface area contributed by atoms with Crippen LogP contribution in [0.3, 0.4) is 0 Å². The number of rotatable bonds is 3. The highest BCUT2D eigenvalue weighted by atomic mass is 35.5. The topological polar surface area (TPSA) is 45.5 Å². The Morgan fingerprint density at radius 1 is 1.22 bits per heavy atom. The molecule has 0 saturated heterocycles. The number of hydrogen-bond donors (Lipinski definition) is 1. The first kappa shape index (κ1) is 12.3. The predicted molar refractivity (Wildman–Crippen MR) is 73.0 cm³/mol. The first-order valence-corrected chi connectivity index (χ1v) is 5.73. The summed E-state index contributed by atoms with van der Waals surface area (Å²) in [7, 11) is 0. The first-order valence-electron chi connectivity index (χ1n) is 5.36. The molecule has 18 heavy (non-hydrogen) atoms. The van der Waals surface area contributed by atoms with E-state index in [1.165, 1.54) is 0 Å². The number of benzene rings is 1. The maximum absolute atomic E-state index is 8.99. The lowest BCUT2D eigenvalue weighted by Crippen LogP contribution is -1.96. The highest BCUT2D eigenvalue weighted by Crippen LogP contribution is 2.11. The molecule has 1 aromatic carbocycles. The Morgan fingerprint density at radius 3 is 2.61 bits per heavy atom. The monoisotopic (exact) mass is 258 g/mol. The molecule has 0 saturated carbocycles. The van der Waals surface area contributed by atoms with Gasteiger partial charge in [-0.1, -0.05) is 35.0 Å². The molecule has 1 aromatic heterocycles. The molecule has 1 N–H and O–H groups in total. The minimum absolute atomic E-state index is 0.457. The fraction of sp³-hybridized carbons (Fsp3) is 0. The summed E-state index contributed by atoms with van der Waals surface area (Å²) in [6.07, 6.45) is 6.88. The van der Waals surface area contributed by atoms with Crippen LogP contribution in [0.15, 0.2) is 60.0 Å². The third kappa shape index (κ3) is 3.18. The highest BCUT2D eigenvalue weighted by molar-refractivity contribution is 6.30. The average Bonchev–Trinajstić information content (AvgIpc) is 2.43. The van der Waals surface area contributed by atoms with E-state index in [-0.39, 0.29) is 0 Å². The van der Waals surface area contributed by atoms with Gasteiger partial charge in [0.15, 0.2) is 0 Å². The molecule has 90 valence electrons. The summed E-state index contributed by atoms with van der Waals surface area (Å²) in [6, 6.07) is 11.0. The van der Waals surface area contributed by atoms with Crippen LogP contribution in [0.1, 0.15) is 11.1 Å². The van der Waals surface area contributed by atoms with Gasteiger partial charge in [-0.25, -0.2) is 0 Å². The molecule has 0 spiro atoms.